The number of anilines is 1. The molecule has 31 heavy (non-hydrogen) atoms. The number of methoxy groups -OCH3 is 1. The van der Waals surface area contributed by atoms with Crippen molar-refractivity contribution < 1.29 is 45.4 Å². The Labute approximate surface area is 170 Å². The fourth-order valence-electron chi connectivity index (χ4n) is 2.44. The zero-order valence-electron chi connectivity index (χ0n) is 15.8. The van der Waals surface area contributed by atoms with Crippen LogP contribution in [-0.2, 0) is 18.4 Å². The number of furan rings is 1. The smallest absolute Gasteiger partial charge is 0.360 e. The molecule has 8 nitrogen and oxygen atoms in total. The molecule has 0 bridgehead atoms. The van der Waals surface area contributed by atoms with Crippen molar-refractivity contribution in [2.24, 2.45) is 7.05 Å². The van der Waals surface area contributed by atoms with Crippen molar-refractivity contribution in [2.45, 2.75) is 6.61 Å². The van der Waals surface area contributed by atoms with E-state index in [1.165, 1.54) is 30.1 Å². The van der Waals surface area contributed by atoms with E-state index >= 15 is 0 Å². The summed E-state index contributed by atoms with van der Waals surface area (Å²) < 4.78 is 82.3. The Hall–Kier alpha value is -3.90. The van der Waals surface area contributed by atoms with E-state index in [0.717, 1.165) is 7.11 Å². The number of aryl methyl sites for hydroxylation is 1. The molecule has 0 atom stereocenters. The number of hydrogen-bond acceptors (Lipinski definition) is 6. The number of carbonyl (C=O) groups excluding carboxylic acids is 2. The molecule has 0 aliphatic carbocycles. The summed E-state index contributed by atoms with van der Waals surface area (Å²) in [5.74, 6) is -14.5. The Morgan fingerprint density at radius 1 is 1.06 bits per heavy atom. The average molecular weight is 445 g/mol. The number of esters is 1. The largest absolute Gasteiger partial charge is 0.479 e. The number of carbonyl (C=O) groups is 2. The quantitative estimate of drug-likeness (QED) is 0.271. The average Bonchev–Trinajstić information content (AvgIpc) is 3.36. The van der Waals surface area contributed by atoms with Crippen molar-refractivity contribution in [3.8, 4) is 5.75 Å². The SMILES string of the molecule is COC(=O)c1nn(C)cc1NC(=O)c1ccc(COc2c(F)c(F)c(F)c(F)c2F)o1. The van der Waals surface area contributed by atoms with Crippen LogP contribution in [0.15, 0.2) is 22.7 Å². The van der Waals surface area contributed by atoms with Gasteiger partial charge in [0.25, 0.3) is 5.91 Å². The summed E-state index contributed by atoms with van der Waals surface area (Å²) in [5, 5.41) is 6.22. The highest BCUT2D eigenvalue weighted by molar-refractivity contribution is 6.05. The lowest BCUT2D eigenvalue weighted by atomic mass is 10.2. The van der Waals surface area contributed by atoms with Gasteiger partial charge < -0.3 is 19.2 Å². The lowest BCUT2D eigenvalue weighted by Gasteiger charge is -2.09. The predicted molar refractivity (Wildman–Crippen MR) is 91.8 cm³/mol. The number of hydrogen-bond donors (Lipinski definition) is 1. The second-order valence-electron chi connectivity index (χ2n) is 5.96. The van der Waals surface area contributed by atoms with E-state index in [9.17, 15) is 31.5 Å². The normalized spacial score (nSPS) is 10.8. The maximum absolute atomic E-state index is 13.6. The number of amides is 1. The van der Waals surface area contributed by atoms with E-state index in [4.69, 9.17) is 4.42 Å². The van der Waals surface area contributed by atoms with Gasteiger partial charge in [-0.1, -0.05) is 0 Å². The zero-order chi connectivity index (χ0) is 22.9. The molecule has 0 radical (unpaired) electrons. The summed E-state index contributed by atoms with van der Waals surface area (Å²) in [6.45, 7) is -0.744. The Bertz CT molecular complexity index is 1140. The molecule has 0 aliphatic heterocycles. The van der Waals surface area contributed by atoms with E-state index in [2.05, 4.69) is 19.9 Å². The van der Waals surface area contributed by atoms with Crippen molar-refractivity contribution in [1.29, 1.82) is 0 Å². The highest BCUT2D eigenvalue weighted by atomic mass is 19.2. The third-order valence-corrected chi connectivity index (χ3v) is 3.87. The Balaban J connectivity index is 1.73. The molecule has 3 aromatic rings. The molecule has 0 fully saturated rings. The standard InChI is InChI=1S/C18H12F5N3O5/c1-26-5-8(15(25-26)18(28)29-2)24-17(27)9-4-3-7(31-9)6-30-16-13(22)11(20)10(19)12(21)14(16)23/h3-5H,6H2,1-2H3,(H,24,27). The van der Waals surface area contributed by atoms with Gasteiger partial charge in [-0.25, -0.2) is 18.0 Å². The van der Waals surface area contributed by atoms with Crippen molar-refractivity contribution in [2.75, 3.05) is 12.4 Å². The number of nitrogens with one attached hydrogen (secondary N) is 1. The van der Waals surface area contributed by atoms with Crippen molar-refractivity contribution >= 4 is 17.6 Å². The molecule has 2 aromatic heterocycles. The minimum absolute atomic E-state index is 0.0231. The second kappa shape index (κ2) is 8.45. The highest BCUT2D eigenvalue weighted by Crippen LogP contribution is 2.30. The summed E-state index contributed by atoms with van der Waals surface area (Å²) in [4.78, 5) is 24.0. The van der Waals surface area contributed by atoms with Gasteiger partial charge in [-0.15, -0.1) is 0 Å². The van der Waals surface area contributed by atoms with E-state index in [0.29, 0.717) is 0 Å². The van der Waals surface area contributed by atoms with Gasteiger partial charge in [0.1, 0.15) is 12.4 Å². The molecule has 0 aliphatic rings. The molecule has 2 heterocycles. The number of nitrogens with zero attached hydrogens (tertiary/aromatic N) is 2. The number of benzene rings is 1. The molecule has 13 heteroatoms. The van der Waals surface area contributed by atoms with Gasteiger partial charge in [0.05, 0.1) is 12.8 Å². The molecule has 164 valence electrons. The summed E-state index contributed by atoms with van der Waals surface area (Å²) in [5.41, 5.74) is -0.144. The molecule has 0 saturated heterocycles. The number of halogens is 5. The van der Waals surface area contributed by atoms with Gasteiger partial charge in [0.2, 0.25) is 29.1 Å². The fourth-order valence-corrected chi connectivity index (χ4v) is 2.44. The Morgan fingerprint density at radius 2 is 1.68 bits per heavy atom. The lowest BCUT2D eigenvalue weighted by Crippen LogP contribution is -2.14. The van der Waals surface area contributed by atoms with E-state index in [-0.39, 0.29) is 22.9 Å². The second-order valence-corrected chi connectivity index (χ2v) is 5.96. The fraction of sp³-hybridized carbons (Fsp3) is 0.167. The Morgan fingerprint density at radius 3 is 2.29 bits per heavy atom. The van der Waals surface area contributed by atoms with Crippen LogP contribution >= 0.6 is 0 Å². The van der Waals surface area contributed by atoms with Crippen LogP contribution in [0.5, 0.6) is 5.75 Å². The van der Waals surface area contributed by atoms with Gasteiger partial charge >= 0.3 is 5.97 Å². The maximum atomic E-state index is 13.6. The van der Waals surface area contributed by atoms with Crippen molar-refractivity contribution in [3.63, 3.8) is 0 Å². The molecular formula is C18H12F5N3O5. The monoisotopic (exact) mass is 445 g/mol. The van der Waals surface area contributed by atoms with Crippen LogP contribution in [-0.4, -0.2) is 28.8 Å². The lowest BCUT2D eigenvalue weighted by molar-refractivity contribution is 0.0594. The number of rotatable bonds is 6. The molecule has 3 rings (SSSR count). The first-order chi connectivity index (χ1) is 14.6. The van der Waals surface area contributed by atoms with E-state index in [1.807, 2.05) is 0 Å². The first-order valence-electron chi connectivity index (χ1n) is 8.30. The highest BCUT2D eigenvalue weighted by Gasteiger charge is 2.27. The first-order valence-corrected chi connectivity index (χ1v) is 8.30. The van der Waals surface area contributed by atoms with Crippen LogP contribution < -0.4 is 10.1 Å². The third-order valence-electron chi connectivity index (χ3n) is 3.87. The first kappa shape index (κ1) is 21.8. The van der Waals surface area contributed by atoms with Gasteiger partial charge in [-0.05, 0) is 12.1 Å². The molecule has 1 aromatic carbocycles. The predicted octanol–water partition coefficient (Wildman–Crippen LogP) is 3.33. The van der Waals surface area contributed by atoms with Crippen LogP contribution in [0.4, 0.5) is 27.6 Å². The number of ether oxygens (including phenoxy) is 2. The van der Waals surface area contributed by atoms with Crippen molar-refractivity contribution in [3.05, 3.63) is 64.6 Å². The summed E-state index contributed by atoms with van der Waals surface area (Å²) >= 11 is 0. The molecule has 0 unspecified atom stereocenters. The molecule has 0 saturated carbocycles. The van der Waals surface area contributed by atoms with Gasteiger partial charge in [-0.2, -0.15) is 13.9 Å². The topological polar surface area (TPSA) is 95.6 Å². The van der Waals surface area contributed by atoms with Crippen LogP contribution in [0.3, 0.4) is 0 Å². The number of aromatic nitrogens is 2. The van der Waals surface area contributed by atoms with Gasteiger partial charge in [0, 0.05) is 13.2 Å². The van der Waals surface area contributed by atoms with E-state index < -0.39 is 53.3 Å². The summed E-state index contributed by atoms with van der Waals surface area (Å²) in [6.07, 6.45) is 1.33. The van der Waals surface area contributed by atoms with Crippen molar-refractivity contribution in [1.82, 2.24) is 9.78 Å². The molecule has 1 amide bonds. The third kappa shape index (κ3) is 4.20. The summed E-state index contributed by atoms with van der Waals surface area (Å²) in [7, 11) is 2.63. The molecule has 1 N–H and O–H groups in total. The van der Waals surface area contributed by atoms with E-state index in [1.54, 1.807) is 0 Å². The Kier molecular flexibility index (Phi) is 5.95. The summed E-state index contributed by atoms with van der Waals surface area (Å²) in [6, 6.07) is 2.35. The van der Waals surface area contributed by atoms with Crippen LogP contribution in [0.2, 0.25) is 0 Å². The van der Waals surface area contributed by atoms with Crippen LogP contribution in [0, 0.1) is 29.1 Å². The zero-order valence-corrected chi connectivity index (χ0v) is 15.8. The molecular weight excluding hydrogens is 433 g/mol. The van der Waals surface area contributed by atoms with Gasteiger partial charge in [-0.3, -0.25) is 9.48 Å². The minimum Gasteiger partial charge on any atom is -0.479 e. The maximum Gasteiger partial charge on any atom is 0.360 e. The van der Waals surface area contributed by atoms with Gasteiger partial charge in [0.15, 0.2) is 17.2 Å². The van der Waals surface area contributed by atoms with Crippen LogP contribution in [0.1, 0.15) is 26.8 Å². The van der Waals surface area contributed by atoms with Crippen LogP contribution in [0.25, 0.3) is 0 Å². The molecule has 0 spiro atoms. The minimum atomic E-state index is -2.32.